The van der Waals surface area contributed by atoms with Gasteiger partial charge in [0.2, 0.25) is 5.95 Å². The number of benzene rings is 2. The molecule has 0 saturated heterocycles. The van der Waals surface area contributed by atoms with Gasteiger partial charge in [-0.1, -0.05) is 67.9 Å². The average molecular weight is 529 g/mol. The smallest absolute Gasteiger partial charge is 0.263 e. The third kappa shape index (κ3) is 5.88. The van der Waals surface area contributed by atoms with Crippen molar-refractivity contribution in [3.63, 3.8) is 0 Å². The second-order valence-electron chi connectivity index (χ2n) is 8.94. The first-order chi connectivity index (χ1) is 17.2. The number of hydrogen-bond donors (Lipinski definition) is 4. The quantitative estimate of drug-likeness (QED) is 0.232. The molecule has 12 heteroatoms. The molecule has 2 atom stereocenters. The van der Waals surface area contributed by atoms with E-state index in [0.29, 0.717) is 22.9 Å². The Morgan fingerprint density at radius 2 is 1.89 bits per heavy atom. The molecule has 0 amide bonds. The first kappa shape index (κ1) is 25.7. The minimum absolute atomic E-state index is 0.0977. The summed E-state index contributed by atoms with van der Waals surface area (Å²) in [5.41, 5.74) is 1.52. The molecule has 0 aliphatic heterocycles. The zero-order valence-corrected chi connectivity index (χ0v) is 21.3. The summed E-state index contributed by atoms with van der Waals surface area (Å²) in [6.07, 6.45) is 1.54. The highest BCUT2D eigenvalue weighted by Gasteiger charge is 2.24. The number of nitrogens with zero attached hydrogens (tertiary/aromatic N) is 4. The van der Waals surface area contributed by atoms with E-state index in [1.165, 1.54) is 18.3 Å². The van der Waals surface area contributed by atoms with Gasteiger partial charge < -0.3 is 24.8 Å². The molecule has 1 unspecified atom stereocenters. The second kappa shape index (κ2) is 10.7. The monoisotopic (exact) mass is 528 g/mol. The minimum atomic E-state index is -2.20. The molecule has 4 N–H and O–H groups in total. The summed E-state index contributed by atoms with van der Waals surface area (Å²) < 4.78 is 26.2. The molecule has 2 heterocycles. The van der Waals surface area contributed by atoms with Gasteiger partial charge in [-0.2, -0.15) is 9.97 Å². The molecule has 0 aliphatic rings. The highest BCUT2D eigenvalue weighted by atomic mass is 35.5. The molecule has 0 radical (unpaired) electrons. The first-order valence-electron chi connectivity index (χ1n) is 11.0. The highest BCUT2D eigenvalue weighted by Crippen LogP contribution is 2.31. The van der Waals surface area contributed by atoms with E-state index in [1.807, 2.05) is 51.1 Å². The molecule has 0 aliphatic carbocycles. The van der Waals surface area contributed by atoms with Crippen LogP contribution in [-0.2, 0) is 16.5 Å². The van der Waals surface area contributed by atoms with Gasteiger partial charge >= 0.3 is 0 Å². The summed E-state index contributed by atoms with van der Waals surface area (Å²) in [6, 6.07) is 13.5. The fourth-order valence-electron chi connectivity index (χ4n) is 3.28. The fraction of sp³-hybridized carbons (Fsp3) is 0.250. The van der Waals surface area contributed by atoms with Crippen molar-refractivity contribution in [2.75, 3.05) is 17.2 Å². The van der Waals surface area contributed by atoms with Crippen molar-refractivity contribution in [2.24, 2.45) is 0 Å². The van der Waals surface area contributed by atoms with Crippen LogP contribution in [0.4, 0.5) is 17.5 Å². The molecule has 0 fully saturated rings. The molecule has 4 aromatic rings. The van der Waals surface area contributed by atoms with Gasteiger partial charge in [0.1, 0.15) is 11.4 Å². The number of hydrogen-bond acceptors (Lipinski definition) is 9. The second-order valence-corrected chi connectivity index (χ2v) is 10.3. The third-order valence-corrected chi connectivity index (χ3v) is 6.34. The van der Waals surface area contributed by atoms with Crippen LogP contribution in [0.25, 0.3) is 11.5 Å². The zero-order valence-electron chi connectivity index (χ0n) is 19.8. The lowest BCUT2D eigenvalue weighted by molar-refractivity contribution is 0.276. The lowest BCUT2D eigenvalue weighted by Crippen LogP contribution is -2.17. The van der Waals surface area contributed by atoms with Gasteiger partial charge in [-0.3, -0.25) is 0 Å². The van der Waals surface area contributed by atoms with E-state index in [0.717, 1.165) is 5.56 Å². The Labute approximate surface area is 215 Å². The van der Waals surface area contributed by atoms with Gasteiger partial charge in [-0.15, -0.1) is 0 Å². The topological polar surface area (TPSA) is 146 Å². The van der Waals surface area contributed by atoms with Crippen LogP contribution < -0.4 is 10.6 Å². The van der Waals surface area contributed by atoms with Gasteiger partial charge in [0, 0.05) is 17.3 Å². The lowest BCUT2D eigenvalue weighted by Gasteiger charge is -2.19. The van der Waals surface area contributed by atoms with Crippen molar-refractivity contribution in [3.8, 4) is 11.5 Å². The largest absolute Gasteiger partial charge is 0.394 e. The van der Waals surface area contributed by atoms with Crippen LogP contribution in [0.1, 0.15) is 38.2 Å². The van der Waals surface area contributed by atoms with Crippen molar-refractivity contribution < 1.29 is 18.4 Å². The van der Waals surface area contributed by atoms with Gasteiger partial charge in [0.05, 0.1) is 22.6 Å². The summed E-state index contributed by atoms with van der Waals surface area (Å²) in [4.78, 5) is 13.6. The highest BCUT2D eigenvalue weighted by molar-refractivity contribution is 7.79. The average Bonchev–Trinajstić information content (AvgIpc) is 3.34. The van der Waals surface area contributed by atoms with Gasteiger partial charge in [-0.25, -0.2) is 9.19 Å². The van der Waals surface area contributed by atoms with Crippen LogP contribution in [0, 0.1) is 0 Å². The van der Waals surface area contributed by atoms with E-state index < -0.39 is 17.1 Å². The maximum atomic E-state index is 11.4. The number of aliphatic hydroxyl groups is 1. The molecule has 2 aromatic carbocycles. The van der Waals surface area contributed by atoms with E-state index in [-0.39, 0.29) is 33.8 Å². The van der Waals surface area contributed by atoms with Crippen LogP contribution >= 0.6 is 11.6 Å². The summed E-state index contributed by atoms with van der Waals surface area (Å²) in [7, 11) is 0. The van der Waals surface area contributed by atoms with Crippen LogP contribution in [-0.4, -0.2) is 40.6 Å². The predicted octanol–water partition coefficient (Wildman–Crippen LogP) is 4.95. The summed E-state index contributed by atoms with van der Waals surface area (Å²) in [6.45, 7) is 5.74. The Balaban J connectivity index is 1.72. The normalized spacial score (nSPS) is 13.3. The van der Waals surface area contributed by atoms with E-state index in [1.54, 1.807) is 6.07 Å². The zero-order chi connectivity index (χ0) is 25.9. The minimum Gasteiger partial charge on any atom is -0.394 e. The standard InChI is InChI=1S/C24H25ClN6O4S/c1-24(2,3)22-30-21(35-31-22)16-12-26-23(27-15-9-10-19(36(33)34)17(25)11-15)29-20(16)28-18(13-32)14-7-5-4-6-8-14/h4-12,18,32H,13H2,1-3H3,(H,33,34)(H2,26,27,28,29)/t18-/m1/s1. The van der Waals surface area contributed by atoms with E-state index in [4.69, 9.17) is 16.1 Å². The number of aromatic nitrogens is 4. The number of aliphatic hydroxyl groups excluding tert-OH is 1. The predicted molar refractivity (Wildman–Crippen MR) is 138 cm³/mol. The van der Waals surface area contributed by atoms with E-state index >= 15 is 0 Å². The van der Waals surface area contributed by atoms with Crippen LogP contribution in [0.3, 0.4) is 0 Å². The molecular weight excluding hydrogens is 504 g/mol. The molecule has 36 heavy (non-hydrogen) atoms. The van der Waals surface area contributed by atoms with Crippen LogP contribution in [0.5, 0.6) is 0 Å². The van der Waals surface area contributed by atoms with Crippen molar-refractivity contribution in [1.82, 2.24) is 20.1 Å². The van der Waals surface area contributed by atoms with Crippen LogP contribution in [0.15, 0.2) is 64.1 Å². The lowest BCUT2D eigenvalue weighted by atomic mass is 9.96. The fourth-order valence-corrected chi connectivity index (χ4v) is 4.07. The van der Waals surface area contributed by atoms with Crippen molar-refractivity contribution in [1.29, 1.82) is 0 Å². The number of anilines is 3. The summed E-state index contributed by atoms with van der Waals surface area (Å²) in [5.74, 6) is 1.34. The Morgan fingerprint density at radius 3 is 2.50 bits per heavy atom. The summed E-state index contributed by atoms with van der Waals surface area (Å²) in [5, 5.41) is 20.6. The number of halogens is 1. The first-order valence-corrected chi connectivity index (χ1v) is 12.5. The van der Waals surface area contributed by atoms with Gasteiger partial charge in [-0.05, 0) is 23.8 Å². The molecule has 10 nitrogen and oxygen atoms in total. The van der Waals surface area contributed by atoms with Gasteiger partial charge in [0.15, 0.2) is 16.9 Å². The number of rotatable bonds is 8. The Hall–Kier alpha value is -3.38. The molecular formula is C24H25ClN6O4S. The molecule has 4 rings (SSSR count). The maximum Gasteiger partial charge on any atom is 0.263 e. The molecule has 188 valence electrons. The Morgan fingerprint density at radius 1 is 1.14 bits per heavy atom. The molecule has 0 saturated carbocycles. The van der Waals surface area contributed by atoms with E-state index in [2.05, 4.69) is 30.7 Å². The van der Waals surface area contributed by atoms with E-state index in [9.17, 15) is 13.9 Å². The van der Waals surface area contributed by atoms with Gasteiger partial charge in [0.25, 0.3) is 5.89 Å². The van der Waals surface area contributed by atoms with Crippen LogP contribution in [0.2, 0.25) is 5.02 Å². The summed E-state index contributed by atoms with van der Waals surface area (Å²) >= 11 is 3.92. The Bertz CT molecular complexity index is 1380. The van der Waals surface area contributed by atoms with Crippen molar-refractivity contribution >= 4 is 40.1 Å². The molecule has 0 bridgehead atoms. The SMILES string of the molecule is CC(C)(C)c1noc(-c2cnc(Nc3ccc(S(=O)O)c(Cl)c3)nc2N[C@H](CO)c2ccccc2)n1. The van der Waals surface area contributed by atoms with Crippen molar-refractivity contribution in [3.05, 3.63) is 71.1 Å². The number of nitrogens with one attached hydrogen (secondary N) is 2. The van der Waals surface area contributed by atoms with Crippen molar-refractivity contribution in [2.45, 2.75) is 37.1 Å². The molecule has 0 spiro atoms. The third-order valence-electron chi connectivity index (χ3n) is 5.19. The molecule has 2 aromatic heterocycles. The maximum absolute atomic E-state index is 11.4. The Kier molecular flexibility index (Phi) is 7.65.